The molecule has 3 aromatic carbocycles. The van der Waals surface area contributed by atoms with Gasteiger partial charge in [0.1, 0.15) is 5.75 Å². The highest BCUT2D eigenvalue weighted by molar-refractivity contribution is 7.22. The van der Waals surface area contributed by atoms with Gasteiger partial charge in [-0.05, 0) is 48.9 Å². The average Bonchev–Trinajstić information content (AvgIpc) is 3.35. The minimum Gasteiger partial charge on any atom is -0.494 e. The van der Waals surface area contributed by atoms with Crippen molar-refractivity contribution in [2.75, 3.05) is 11.5 Å². The lowest BCUT2D eigenvalue weighted by Crippen LogP contribution is -2.30. The number of rotatable bonds is 8. The third-order valence-corrected chi connectivity index (χ3v) is 6.67. The molecule has 2 heterocycles. The molecule has 0 aliphatic heterocycles. The summed E-state index contributed by atoms with van der Waals surface area (Å²) in [4.78, 5) is 37.1. The molecule has 0 spiro atoms. The van der Waals surface area contributed by atoms with Crippen LogP contribution in [0, 0.1) is 0 Å². The Labute approximate surface area is 212 Å². The van der Waals surface area contributed by atoms with Gasteiger partial charge in [0.05, 0.1) is 23.4 Å². The summed E-state index contributed by atoms with van der Waals surface area (Å²) in [6, 6.07) is 25.3. The van der Waals surface area contributed by atoms with Crippen LogP contribution in [-0.4, -0.2) is 28.3 Å². The van der Waals surface area contributed by atoms with E-state index in [0.29, 0.717) is 35.0 Å². The van der Waals surface area contributed by atoms with Crippen LogP contribution in [0.3, 0.4) is 0 Å². The molecule has 6 nitrogen and oxygen atoms in total. The van der Waals surface area contributed by atoms with Gasteiger partial charge in [-0.1, -0.05) is 59.9 Å². The lowest BCUT2D eigenvalue weighted by atomic mass is 10.0. The van der Waals surface area contributed by atoms with Crippen molar-refractivity contribution in [3.63, 3.8) is 0 Å². The number of hydrogen-bond acceptors (Lipinski definition) is 6. The molecule has 0 aliphatic carbocycles. The normalized spacial score (nSPS) is 10.8. The smallest absolute Gasteiger partial charge is 0.260 e. The summed E-state index contributed by atoms with van der Waals surface area (Å²) in [5.74, 6) is 0.476. The first-order chi connectivity index (χ1) is 17.6. The molecule has 0 unspecified atom stereocenters. The molecule has 0 saturated heterocycles. The monoisotopic (exact) mass is 493 g/mol. The van der Waals surface area contributed by atoms with Crippen LogP contribution in [0.4, 0.5) is 5.13 Å². The Morgan fingerprint density at radius 2 is 1.64 bits per heavy atom. The number of hydrogen-bond donors (Lipinski definition) is 0. The maximum Gasteiger partial charge on any atom is 0.260 e. The van der Waals surface area contributed by atoms with Crippen molar-refractivity contribution in [3.05, 3.63) is 120 Å². The van der Waals surface area contributed by atoms with Crippen molar-refractivity contribution in [3.8, 4) is 5.75 Å². The number of amides is 1. The zero-order valence-corrected chi connectivity index (χ0v) is 20.4. The maximum absolute atomic E-state index is 13.7. The van der Waals surface area contributed by atoms with E-state index in [-0.39, 0.29) is 11.7 Å². The van der Waals surface area contributed by atoms with Gasteiger partial charge in [-0.3, -0.25) is 19.5 Å². The number of thiazole rings is 1. The molecule has 36 heavy (non-hydrogen) atoms. The molecule has 2 aromatic heterocycles. The van der Waals surface area contributed by atoms with Crippen LogP contribution in [0.5, 0.6) is 5.75 Å². The van der Waals surface area contributed by atoms with E-state index in [9.17, 15) is 9.59 Å². The molecule has 0 bridgehead atoms. The minimum absolute atomic E-state index is 0.0851. The number of anilines is 1. The molecule has 5 aromatic rings. The largest absolute Gasteiger partial charge is 0.494 e. The predicted molar refractivity (Wildman–Crippen MR) is 142 cm³/mol. The third kappa shape index (κ3) is 5.01. The molecule has 1 amide bonds. The summed E-state index contributed by atoms with van der Waals surface area (Å²) in [5.41, 5.74) is 3.29. The quantitative estimate of drug-likeness (QED) is 0.242. The second-order valence-electron chi connectivity index (χ2n) is 8.08. The molecule has 0 N–H and O–H groups in total. The van der Waals surface area contributed by atoms with Gasteiger partial charge < -0.3 is 4.74 Å². The summed E-state index contributed by atoms with van der Waals surface area (Å²) in [5, 5.41) is 0.581. The van der Waals surface area contributed by atoms with Crippen molar-refractivity contribution < 1.29 is 14.3 Å². The predicted octanol–water partition coefficient (Wildman–Crippen LogP) is 6.17. The second-order valence-corrected chi connectivity index (χ2v) is 9.09. The lowest BCUT2D eigenvalue weighted by molar-refractivity contribution is 0.0982. The molecule has 0 fully saturated rings. The highest BCUT2D eigenvalue weighted by atomic mass is 32.1. The fourth-order valence-corrected chi connectivity index (χ4v) is 4.83. The van der Waals surface area contributed by atoms with E-state index in [0.717, 1.165) is 21.5 Å². The molecule has 0 radical (unpaired) electrons. The van der Waals surface area contributed by atoms with Crippen LogP contribution in [0.25, 0.3) is 10.2 Å². The Hall–Kier alpha value is -4.36. The number of carbonyl (C=O) groups excluding carboxylic acids is 2. The Morgan fingerprint density at radius 3 is 2.36 bits per heavy atom. The number of aromatic nitrogens is 2. The first-order valence-corrected chi connectivity index (χ1v) is 12.4. The number of benzene rings is 3. The molecule has 0 aliphatic rings. The molecule has 7 heteroatoms. The number of carbonyl (C=O) groups is 2. The Kier molecular flexibility index (Phi) is 6.82. The molecule has 178 valence electrons. The first-order valence-electron chi connectivity index (χ1n) is 11.6. The van der Waals surface area contributed by atoms with Gasteiger partial charge >= 0.3 is 0 Å². The summed E-state index contributed by atoms with van der Waals surface area (Å²) < 4.78 is 6.56. The van der Waals surface area contributed by atoms with Crippen LogP contribution in [-0.2, 0) is 6.54 Å². The van der Waals surface area contributed by atoms with Crippen LogP contribution >= 0.6 is 11.3 Å². The van der Waals surface area contributed by atoms with Crippen molar-refractivity contribution in [1.29, 1.82) is 0 Å². The summed E-state index contributed by atoms with van der Waals surface area (Å²) in [6.45, 7) is 2.83. The van der Waals surface area contributed by atoms with E-state index in [1.165, 1.54) is 11.3 Å². The molecule has 0 saturated carbocycles. The standard InChI is InChI=1S/C29H23N3O3S/c1-2-35-24-14-15-25-26(17-24)36-29(31-25)32(19-20-7-6-16-30-18-20)28(34)23-12-10-22(11-13-23)27(33)21-8-4-3-5-9-21/h3-18H,2,19H2,1H3. The number of pyridine rings is 1. The summed E-state index contributed by atoms with van der Waals surface area (Å²) >= 11 is 1.43. The highest BCUT2D eigenvalue weighted by Gasteiger charge is 2.22. The van der Waals surface area contributed by atoms with E-state index in [1.807, 2.05) is 55.5 Å². The highest BCUT2D eigenvalue weighted by Crippen LogP contribution is 2.33. The molecule has 0 atom stereocenters. The second kappa shape index (κ2) is 10.5. The molecular formula is C29H23N3O3S. The van der Waals surface area contributed by atoms with E-state index in [4.69, 9.17) is 9.72 Å². The Balaban J connectivity index is 1.47. The first kappa shape index (κ1) is 23.4. The van der Waals surface area contributed by atoms with Crippen LogP contribution in [0.15, 0.2) is 97.3 Å². The van der Waals surface area contributed by atoms with Gasteiger partial charge in [0.25, 0.3) is 5.91 Å². The van der Waals surface area contributed by atoms with Crippen molar-refractivity contribution in [1.82, 2.24) is 9.97 Å². The minimum atomic E-state index is -0.207. The van der Waals surface area contributed by atoms with E-state index in [2.05, 4.69) is 4.98 Å². The summed E-state index contributed by atoms with van der Waals surface area (Å²) in [7, 11) is 0. The maximum atomic E-state index is 13.7. The third-order valence-electron chi connectivity index (χ3n) is 5.63. The zero-order valence-electron chi connectivity index (χ0n) is 19.6. The van der Waals surface area contributed by atoms with Gasteiger partial charge in [0, 0.05) is 29.1 Å². The number of ether oxygens (including phenoxy) is 1. The van der Waals surface area contributed by atoms with Crippen LogP contribution in [0.1, 0.15) is 38.8 Å². The number of ketones is 1. The van der Waals surface area contributed by atoms with Gasteiger partial charge in [0.15, 0.2) is 10.9 Å². The SMILES string of the molecule is CCOc1ccc2nc(N(Cc3cccnc3)C(=O)c3ccc(C(=O)c4ccccc4)cc3)sc2c1. The van der Waals surface area contributed by atoms with Gasteiger partial charge in [-0.15, -0.1) is 0 Å². The van der Waals surface area contributed by atoms with Gasteiger partial charge in [0.2, 0.25) is 0 Å². The van der Waals surface area contributed by atoms with E-state index in [1.54, 1.807) is 53.7 Å². The average molecular weight is 494 g/mol. The van der Waals surface area contributed by atoms with Crippen molar-refractivity contribution in [2.45, 2.75) is 13.5 Å². The topological polar surface area (TPSA) is 72.4 Å². The van der Waals surface area contributed by atoms with Crippen molar-refractivity contribution in [2.24, 2.45) is 0 Å². The van der Waals surface area contributed by atoms with E-state index >= 15 is 0 Å². The fourth-order valence-electron chi connectivity index (χ4n) is 3.84. The van der Waals surface area contributed by atoms with Crippen LogP contribution < -0.4 is 9.64 Å². The Morgan fingerprint density at radius 1 is 0.889 bits per heavy atom. The zero-order chi connectivity index (χ0) is 24.9. The number of nitrogens with zero attached hydrogens (tertiary/aromatic N) is 3. The van der Waals surface area contributed by atoms with E-state index < -0.39 is 0 Å². The fraction of sp³-hybridized carbons (Fsp3) is 0.103. The van der Waals surface area contributed by atoms with Gasteiger partial charge in [-0.25, -0.2) is 4.98 Å². The number of fused-ring (bicyclic) bond motifs is 1. The molecular weight excluding hydrogens is 470 g/mol. The lowest BCUT2D eigenvalue weighted by Gasteiger charge is -2.20. The molecule has 5 rings (SSSR count). The van der Waals surface area contributed by atoms with Crippen LogP contribution in [0.2, 0.25) is 0 Å². The Bertz CT molecular complexity index is 1500. The van der Waals surface area contributed by atoms with Crippen molar-refractivity contribution >= 4 is 38.4 Å². The van der Waals surface area contributed by atoms with Gasteiger partial charge in [-0.2, -0.15) is 0 Å². The summed E-state index contributed by atoms with van der Waals surface area (Å²) in [6.07, 6.45) is 3.44.